The molecule has 7 heteroatoms. The van der Waals surface area contributed by atoms with Crippen molar-refractivity contribution < 1.29 is 9.59 Å². The van der Waals surface area contributed by atoms with Crippen LogP contribution < -0.4 is 16.4 Å². The summed E-state index contributed by atoms with van der Waals surface area (Å²) in [5.74, 6) is 0.833. The lowest BCUT2D eigenvalue weighted by atomic mass is 9.80. The Morgan fingerprint density at radius 2 is 1.78 bits per heavy atom. The fourth-order valence-electron chi connectivity index (χ4n) is 4.83. The number of anilines is 1. The third kappa shape index (κ3) is 6.33. The first kappa shape index (κ1) is 25.5. The van der Waals surface area contributed by atoms with E-state index < -0.39 is 0 Å². The predicted molar refractivity (Wildman–Crippen MR) is 146 cm³/mol. The quantitative estimate of drug-likeness (QED) is 0.451. The molecule has 0 atom stereocenters. The summed E-state index contributed by atoms with van der Waals surface area (Å²) in [4.78, 5) is 32.5. The predicted octanol–water partition coefficient (Wildman–Crippen LogP) is 4.73. The fraction of sp³-hybridized carbons (Fsp3) is 0.414. The summed E-state index contributed by atoms with van der Waals surface area (Å²) in [5, 5.41) is 6.60. The van der Waals surface area contributed by atoms with Gasteiger partial charge in [-0.05, 0) is 61.9 Å². The van der Waals surface area contributed by atoms with Crippen LogP contribution in [0.15, 0.2) is 59.1 Å². The van der Waals surface area contributed by atoms with Gasteiger partial charge in [0, 0.05) is 54.5 Å². The van der Waals surface area contributed by atoms with E-state index in [4.69, 9.17) is 5.73 Å². The zero-order valence-corrected chi connectivity index (χ0v) is 21.3. The highest BCUT2D eigenvalue weighted by molar-refractivity contribution is 6.06. The summed E-state index contributed by atoms with van der Waals surface area (Å²) in [6.45, 7) is 6.49. The Bertz CT molecular complexity index is 1130. The third-order valence-electron chi connectivity index (χ3n) is 6.75. The van der Waals surface area contributed by atoms with Crippen LogP contribution in [0.5, 0.6) is 0 Å². The van der Waals surface area contributed by atoms with Gasteiger partial charge in [-0.25, -0.2) is 4.99 Å². The van der Waals surface area contributed by atoms with Gasteiger partial charge in [-0.3, -0.25) is 9.59 Å². The van der Waals surface area contributed by atoms with Crippen molar-refractivity contribution in [2.24, 2.45) is 16.6 Å². The Labute approximate surface area is 213 Å². The maximum atomic E-state index is 13.2. The maximum absolute atomic E-state index is 13.2. The van der Waals surface area contributed by atoms with Crippen LogP contribution in [0.2, 0.25) is 0 Å². The molecule has 2 aromatic rings. The molecule has 2 amide bonds. The molecular weight excluding hydrogens is 450 g/mol. The summed E-state index contributed by atoms with van der Waals surface area (Å²) >= 11 is 0. The lowest BCUT2D eigenvalue weighted by molar-refractivity contribution is -0.127. The molecule has 2 aromatic carbocycles. The molecule has 7 nitrogen and oxygen atoms in total. The molecule has 190 valence electrons. The average Bonchev–Trinajstić information content (AvgIpc) is 3.02. The Hall–Kier alpha value is -3.61. The lowest BCUT2D eigenvalue weighted by Gasteiger charge is -2.36. The van der Waals surface area contributed by atoms with E-state index in [9.17, 15) is 9.59 Å². The van der Waals surface area contributed by atoms with Gasteiger partial charge in [0.25, 0.3) is 5.91 Å². The van der Waals surface area contributed by atoms with Gasteiger partial charge in [-0.1, -0.05) is 38.1 Å². The number of nitrogens with two attached hydrogens (primary N) is 1. The van der Waals surface area contributed by atoms with E-state index in [1.807, 2.05) is 35.2 Å². The number of aliphatic imine (C=N–C) groups is 1. The second-order valence-electron chi connectivity index (χ2n) is 9.77. The molecular formula is C29H37N5O2. The van der Waals surface area contributed by atoms with Crippen molar-refractivity contribution in [1.29, 1.82) is 0 Å². The number of rotatable bonds is 10. The molecule has 4 N–H and O–H groups in total. The van der Waals surface area contributed by atoms with Crippen LogP contribution in [0.4, 0.5) is 11.4 Å². The van der Waals surface area contributed by atoms with Crippen LogP contribution in [0.3, 0.4) is 0 Å². The van der Waals surface area contributed by atoms with Crippen molar-refractivity contribution in [2.45, 2.75) is 52.0 Å². The standard InChI is InChI=1S/C29H37N5O2/c1-3-12-34(13-4-2)29(36)23-16-21-10-11-22(17-26(21)33-27(30)18-23)28(35)32-25-14-20(15-25)19-31-24-8-6-5-7-9-24/h5-11,16-17,20,25,31H,3-4,12-15,18-19H2,1-2H3,(H2,30,33)(H,32,35). The highest BCUT2D eigenvalue weighted by atomic mass is 16.2. The number of nitrogens with one attached hydrogen (secondary N) is 2. The van der Waals surface area contributed by atoms with Crippen LogP contribution in [-0.2, 0) is 4.79 Å². The van der Waals surface area contributed by atoms with Crippen molar-refractivity contribution in [2.75, 3.05) is 25.0 Å². The van der Waals surface area contributed by atoms with Gasteiger partial charge in [0.05, 0.1) is 5.69 Å². The summed E-state index contributed by atoms with van der Waals surface area (Å²) < 4.78 is 0. The van der Waals surface area contributed by atoms with E-state index in [0.717, 1.165) is 56.6 Å². The van der Waals surface area contributed by atoms with Gasteiger partial charge in [0.2, 0.25) is 5.91 Å². The van der Waals surface area contributed by atoms with E-state index in [-0.39, 0.29) is 17.9 Å². The van der Waals surface area contributed by atoms with Gasteiger partial charge >= 0.3 is 0 Å². The number of carbonyl (C=O) groups excluding carboxylic acids is 2. The van der Waals surface area contributed by atoms with Gasteiger partial charge in [-0.15, -0.1) is 0 Å². The highest BCUT2D eigenvalue weighted by Gasteiger charge is 2.30. The molecule has 0 spiro atoms. The molecule has 0 radical (unpaired) electrons. The topological polar surface area (TPSA) is 99.8 Å². The molecule has 0 bridgehead atoms. The second-order valence-corrected chi connectivity index (χ2v) is 9.77. The number of fused-ring (bicyclic) bond motifs is 1. The Kier molecular flexibility index (Phi) is 8.41. The molecule has 1 aliphatic heterocycles. The number of hydrogen-bond donors (Lipinski definition) is 3. The largest absolute Gasteiger partial charge is 0.387 e. The summed E-state index contributed by atoms with van der Waals surface area (Å²) in [6.07, 6.45) is 5.91. The minimum absolute atomic E-state index is 0.00723. The molecule has 1 heterocycles. The van der Waals surface area contributed by atoms with E-state index in [2.05, 4.69) is 41.6 Å². The highest BCUT2D eigenvalue weighted by Crippen LogP contribution is 2.30. The SMILES string of the molecule is CCCN(CCC)C(=O)C1=Cc2ccc(C(=O)NC3CC(CNc4ccccc4)C3)cc2N=C(N)C1. The molecule has 2 aliphatic rings. The van der Waals surface area contributed by atoms with Crippen molar-refractivity contribution in [1.82, 2.24) is 10.2 Å². The van der Waals surface area contributed by atoms with Crippen LogP contribution in [0, 0.1) is 5.92 Å². The molecule has 0 aromatic heterocycles. The van der Waals surface area contributed by atoms with Gasteiger partial charge < -0.3 is 21.3 Å². The minimum Gasteiger partial charge on any atom is -0.387 e. The summed E-state index contributed by atoms with van der Waals surface area (Å²) in [6, 6.07) is 15.8. The second kappa shape index (κ2) is 11.9. The number of hydrogen-bond acceptors (Lipinski definition) is 5. The summed E-state index contributed by atoms with van der Waals surface area (Å²) in [7, 11) is 0. The van der Waals surface area contributed by atoms with Crippen molar-refractivity contribution in [3.05, 3.63) is 65.2 Å². The first-order valence-corrected chi connectivity index (χ1v) is 13.0. The zero-order chi connectivity index (χ0) is 25.5. The fourth-order valence-corrected chi connectivity index (χ4v) is 4.83. The first-order valence-electron chi connectivity index (χ1n) is 13.0. The number of amides is 2. The number of carbonyl (C=O) groups is 2. The number of benzene rings is 2. The van der Waals surface area contributed by atoms with Gasteiger partial charge in [-0.2, -0.15) is 0 Å². The van der Waals surface area contributed by atoms with E-state index in [0.29, 0.717) is 35.0 Å². The molecule has 0 unspecified atom stereocenters. The molecule has 4 rings (SSSR count). The Morgan fingerprint density at radius 1 is 1.06 bits per heavy atom. The average molecular weight is 488 g/mol. The Balaban J connectivity index is 1.37. The van der Waals surface area contributed by atoms with Crippen LogP contribution in [0.25, 0.3) is 6.08 Å². The van der Waals surface area contributed by atoms with Gasteiger partial charge in [0.1, 0.15) is 5.84 Å². The number of amidine groups is 1. The lowest BCUT2D eigenvalue weighted by Crippen LogP contribution is -2.46. The summed E-state index contributed by atoms with van der Waals surface area (Å²) in [5.41, 5.74) is 9.92. The smallest absolute Gasteiger partial charge is 0.251 e. The van der Waals surface area contributed by atoms with Gasteiger partial charge in [0.15, 0.2) is 0 Å². The monoisotopic (exact) mass is 487 g/mol. The maximum Gasteiger partial charge on any atom is 0.251 e. The van der Waals surface area contributed by atoms with E-state index in [1.54, 1.807) is 12.1 Å². The van der Waals surface area contributed by atoms with Crippen LogP contribution in [0.1, 0.15) is 61.9 Å². The molecule has 1 fully saturated rings. The minimum atomic E-state index is -0.104. The number of nitrogens with zero attached hydrogens (tertiary/aromatic N) is 2. The van der Waals surface area contributed by atoms with Crippen LogP contribution >= 0.6 is 0 Å². The third-order valence-corrected chi connectivity index (χ3v) is 6.75. The van der Waals surface area contributed by atoms with E-state index in [1.165, 1.54) is 0 Å². The molecule has 1 saturated carbocycles. The van der Waals surface area contributed by atoms with Crippen molar-refractivity contribution in [3.8, 4) is 0 Å². The molecule has 0 saturated heterocycles. The number of para-hydroxylation sites is 1. The normalized spacial score (nSPS) is 18.6. The molecule has 36 heavy (non-hydrogen) atoms. The van der Waals surface area contributed by atoms with Crippen molar-refractivity contribution >= 4 is 35.1 Å². The first-order chi connectivity index (χ1) is 17.5. The van der Waals surface area contributed by atoms with E-state index >= 15 is 0 Å². The zero-order valence-electron chi connectivity index (χ0n) is 21.3. The van der Waals surface area contributed by atoms with Crippen LogP contribution in [-0.4, -0.2) is 48.2 Å². The molecule has 1 aliphatic carbocycles. The van der Waals surface area contributed by atoms with Crippen molar-refractivity contribution in [3.63, 3.8) is 0 Å². The Morgan fingerprint density at radius 3 is 2.47 bits per heavy atom.